The fraction of sp³-hybridized carbons (Fsp3) is 0.250. The summed E-state index contributed by atoms with van der Waals surface area (Å²) in [6.07, 6.45) is 3.49. The van der Waals surface area contributed by atoms with Crippen LogP contribution in [0.4, 0.5) is 0 Å². The summed E-state index contributed by atoms with van der Waals surface area (Å²) in [5, 5.41) is 5.22. The van der Waals surface area contributed by atoms with Gasteiger partial charge in [-0.3, -0.25) is 9.78 Å². The van der Waals surface area contributed by atoms with Gasteiger partial charge in [0.25, 0.3) is 5.91 Å². The summed E-state index contributed by atoms with van der Waals surface area (Å²) in [5.74, 6) is -0.0455. The number of fused-ring (bicyclic) bond motifs is 1. The van der Waals surface area contributed by atoms with Crippen molar-refractivity contribution >= 4 is 16.9 Å². The van der Waals surface area contributed by atoms with Crippen LogP contribution in [0.5, 0.6) is 0 Å². The summed E-state index contributed by atoms with van der Waals surface area (Å²) in [6, 6.07) is 17.6. The van der Waals surface area contributed by atoms with E-state index >= 15 is 0 Å². The Morgan fingerprint density at radius 1 is 1.10 bits per heavy atom. The van der Waals surface area contributed by atoms with Gasteiger partial charge in [0.1, 0.15) is 0 Å². The number of hydrogen-bond donors (Lipinski definition) is 0. The fourth-order valence-corrected chi connectivity index (χ4v) is 3.52. The minimum Gasteiger partial charge on any atom is -0.330 e. The van der Waals surface area contributed by atoms with E-state index in [2.05, 4.69) is 10.1 Å². The smallest absolute Gasteiger partial charge is 0.255 e. The van der Waals surface area contributed by atoms with Gasteiger partial charge < -0.3 is 4.90 Å². The van der Waals surface area contributed by atoms with Crippen LogP contribution in [0.15, 0.2) is 67.0 Å². The third kappa shape index (κ3) is 3.81. The minimum absolute atomic E-state index is 0.0177. The molecule has 3 heterocycles. The van der Waals surface area contributed by atoms with E-state index in [1.165, 1.54) is 0 Å². The normalized spacial score (nSPS) is 11.2. The first-order valence-corrected chi connectivity index (χ1v) is 10.2. The SMILES string of the molecule is CCn1ncc2c(C(=O)N(Cc3ccccn3)C(C)C)cc(-c3ccccc3)nc21. The largest absolute Gasteiger partial charge is 0.330 e. The number of hydrogen-bond acceptors (Lipinski definition) is 4. The average molecular weight is 399 g/mol. The van der Waals surface area contributed by atoms with Crippen LogP contribution in [-0.2, 0) is 13.1 Å². The van der Waals surface area contributed by atoms with E-state index in [0.717, 1.165) is 28.0 Å². The number of rotatable bonds is 6. The monoisotopic (exact) mass is 399 g/mol. The Labute approximate surface area is 176 Å². The number of nitrogens with zero attached hydrogens (tertiary/aromatic N) is 5. The van der Waals surface area contributed by atoms with Crippen LogP contribution in [0.3, 0.4) is 0 Å². The molecule has 0 atom stereocenters. The standard InChI is InChI=1S/C24H25N5O/c1-4-29-23-21(15-26-29)20(14-22(27-23)18-10-6-5-7-11-18)24(30)28(17(2)3)16-19-12-8-9-13-25-19/h5-15,17H,4,16H2,1-3H3. The third-order valence-electron chi connectivity index (χ3n) is 5.15. The van der Waals surface area contributed by atoms with Gasteiger partial charge in [0, 0.05) is 24.3 Å². The molecule has 6 nitrogen and oxygen atoms in total. The van der Waals surface area contributed by atoms with Gasteiger partial charge in [-0.25, -0.2) is 9.67 Å². The lowest BCUT2D eigenvalue weighted by molar-refractivity contribution is 0.0690. The topological polar surface area (TPSA) is 63.9 Å². The molecule has 0 aliphatic carbocycles. The highest BCUT2D eigenvalue weighted by molar-refractivity contribution is 6.06. The van der Waals surface area contributed by atoms with E-state index in [1.807, 2.05) is 85.0 Å². The predicted octanol–water partition coefficient (Wildman–Crippen LogP) is 4.56. The van der Waals surface area contributed by atoms with Crippen molar-refractivity contribution in [3.63, 3.8) is 0 Å². The zero-order chi connectivity index (χ0) is 21.1. The number of benzene rings is 1. The second-order valence-electron chi connectivity index (χ2n) is 7.47. The highest BCUT2D eigenvalue weighted by Gasteiger charge is 2.24. The van der Waals surface area contributed by atoms with Gasteiger partial charge in [-0.1, -0.05) is 36.4 Å². The molecule has 6 heteroatoms. The van der Waals surface area contributed by atoms with E-state index < -0.39 is 0 Å². The van der Waals surface area contributed by atoms with Crippen LogP contribution in [0.25, 0.3) is 22.3 Å². The summed E-state index contributed by atoms with van der Waals surface area (Å²) < 4.78 is 1.83. The van der Waals surface area contributed by atoms with Crippen LogP contribution >= 0.6 is 0 Å². The lowest BCUT2D eigenvalue weighted by atomic mass is 10.1. The number of aromatic nitrogens is 4. The summed E-state index contributed by atoms with van der Waals surface area (Å²) in [6.45, 7) is 7.19. The summed E-state index contributed by atoms with van der Waals surface area (Å²) in [5.41, 5.74) is 3.94. The van der Waals surface area contributed by atoms with Gasteiger partial charge in [-0.05, 0) is 39.0 Å². The van der Waals surface area contributed by atoms with Crippen molar-refractivity contribution in [3.8, 4) is 11.3 Å². The molecule has 0 saturated carbocycles. The quantitative estimate of drug-likeness (QED) is 0.477. The van der Waals surface area contributed by atoms with Crippen LogP contribution in [-0.4, -0.2) is 36.6 Å². The van der Waals surface area contributed by atoms with E-state index in [1.54, 1.807) is 12.4 Å². The molecular formula is C24H25N5O. The lowest BCUT2D eigenvalue weighted by Crippen LogP contribution is -2.36. The second-order valence-corrected chi connectivity index (χ2v) is 7.47. The highest BCUT2D eigenvalue weighted by atomic mass is 16.2. The molecule has 0 N–H and O–H groups in total. The van der Waals surface area contributed by atoms with Gasteiger partial charge in [0.15, 0.2) is 5.65 Å². The Hall–Kier alpha value is -3.54. The van der Waals surface area contributed by atoms with Crippen molar-refractivity contribution in [1.82, 2.24) is 24.6 Å². The van der Waals surface area contributed by atoms with E-state index in [-0.39, 0.29) is 11.9 Å². The number of amides is 1. The minimum atomic E-state index is -0.0455. The molecule has 0 spiro atoms. The van der Waals surface area contributed by atoms with Crippen molar-refractivity contribution in [1.29, 1.82) is 0 Å². The molecule has 30 heavy (non-hydrogen) atoms. The van der Waals surface area contributed by atoms with Crippen LogP contribution < -0.4 is 0 Å². The molecule has 4 aromatic rings. The van der Waals surface area contributed by atoms with Crippen LogP contribution in [0, 0.1) is 0 Å². The van der Waals surface area contributed by atoms with Gasteiger partial charge in [0.05, 0.1) is 35.1 Å². The van der Waals surface area contributed by atoms with Crippen molar-refractivity contribution in [2.45, 2.75) is 39.9 Å². The molecule has 0 saturated heterocycles. The number of carbonyl (C=O) groups is 1. The van der Waals surface area contributed by atoms with E-state index in [4.69, 9.17) is 4.98 Å². The first-order chi connectivity index (χ1) is 14.6. The second kappa shape index (κ2) is 8.45. The highest BCUT2D eigenvalue weighted by Crippen LogP contribution is 2.27. The maximum absolute atomic E-state index is 13.7. The lowest BCUT2D eigenvalue weighted by Gasteiger charge is -2.27. The van der Waals surface area contributed by atoms with Crippen molar-refractivity contribution in [2.75, 3.05) is 0 Å². The first kappa shape index (κ1) is 19.8. The number of aryl methyl sites for hydroxylation is 1. The van der Waals surface area contributed by atoms with E-state index in [0.29, 0.717) is 18.7 Å². The van der Waals surface area contributed by atoms with Crippen molar-refractivity contribution in [2.24, 2.45) is 0 Å². The molecule has 1 aromatic carbocycles. The van der Waals surface area contributed by atoms with Gasteiger partial charge in [-0.15, -0.1) is 0 Å². The zero-order valence-corrected chi connectivity index (χ0v) is 17.5. The molecule has 0 aliphatic rings. The number of carbonyl (C=O) groups excluding carboxylic acids is 1. The molecule has 3 aromatic heterocycles. The Bertz CT molecular complexity index is 1150. The maximum atomic E-state index is 13.7. The third-order valence-corrected chi connectivity index (χ3v) is 5.15. The zero-order valence-electron chi connectivity index (χ0n) is 17.5. The summed E-state index contributed by atoms with van der Waals surface area (Å²) in [7, 11) is 0. The van der Waals surface area contributed by atoms with Crippen molar-refractivity contribution < 1.29 is 4.79 Å². The maximum Gasteiger partial charge on any atom is 0.255 e. The Morgan fingerprint density at radius 3 is 2.53 bits per heavy atom. The molecule has 0 aliphatic heterocycles. The van der Waals surface area contributed by atoms with E-state index in [9.17, 15) is 4.79 Å². The Balaban J connectivity index is 1.83. The van der Waals surface area contributed by atoms with Gasteiger partial charge in [0.2, 0.25) is 0 Å². The summed E-state index contributed by atoms with van der Waals surface area (Å²) >= 11 is 0. The van der Waals surface area contributed by atoms with Crippen LogP contribution in [0.1, 0.15) is 36.8 Å². The Morgan fingerprint density at radius 2 is 1.87 bits per heavy atom. The molecule has 1 amide bonds. The molecule has 152 valence electrons. The number of pyridine rings is 2. The van der Waals surface area contributed by atoms with Gasteiger partial charge >= 0.3 is 0 Å². The van der Waals surface area contributed by atoms with Gasteiger partial charge in [-0.2, -0.15) is 5.10 Å². The fourth-order valence-electron chi connectivity index (χ4n) is 3.52. The molecular weight excluding hydrogens is 374 g/mol. The Kier molecular flexibility index (Phi) is 5.57. The summed E-state index contributed by atoms with van der Waals surface area (Å²) in [4.78, 5) is 24.8. The first-order valence-electron chi connectivity index (χ1n) is 10.2. The molecule has 0 unspecified atom stereocenters. The predicted molar refractivity (Wildman–Crippen MR) is 118 cm³/mol. The van der Waals surface area contributed by atoms with Crippen molar-refractivity contribution in [3.05, 3.63) is 78.2 Å². The molecule has 4 rings (SSSR count). The molecule has 0 fully saturated rings. The molecule has 0 radical (unpaired) electrons. The van der Waals surface area contributed by atoms with Crippen LogP contribution in [0.2, 0.25) is 0 Å². The average Bonchev–Trinajstić information content (AvgIpc) is 3.20. The molecule has 0 bridgehead atoms.